The highest BCUT2D eigenvalue weighted by atomic mass is 16.8. The number of allylic oxidation sites excluding steroid dienone is 3. The Balaban J connectivity index is 3.86. The van der Waals surface area contributed by atoms with E-state index in [4.69, 9.17) is 9.47 Å². The minimum absolute atomic E-state index is 0.130. The van der Waals surface area contributed by atoms with Crippen molar-refractivity contribution in [3.63, 3.8) is 0 Å². The number of hydrogen-bond donors (Lipinski definition) is 3. The summed E-state index contributed by atoms with van der Waals surface area (Å²) in [6.07, 6.45) is 40.2. The quantitative estimate of drug-likeness (QED) is 0.0210. The highest BCUT2D eigenvalue weighted by molar-refractivity contribution is 5.69. The summed E-state index contributed by atoms with van der Waals surface area (Å²) in [5.41, 5.74) is 0. The van der Waals surface area contributed by atoms with Crippen LogP contribution in [-0.4, -0.2) is 40.0 Å². The fourth-order valence-corrected chi connectivity index (χ4v) is 5.51. The second-order valence-corrected chi connectivity index (χ2v) is 13.0. The van der Waals surface area contributed by atoms with E-state index in [1.165, 1.54) is 128 Å². The Morgan fingerprint density at radius 3 is 1.33 bits per heavy atom. The Bertz CT molecular complexity index is 678. The molecule has 0 aromatic carbocycles. The number of hydrogen-bond acceptors (Lipinski definition) is 6. The highest BCUT2D eigenvalue weighted by Gasteiger charge is 2.42. The van der Waals surface area contributed by atoms with E-state index >= 15 is 0 Å². The predicted octanol–water partition coefficient (Wildman–Crippen LogP) is 11.0. The third kappa shape index (κ3) is 29.8. The van der Waals surface area contributed by atoms with Crippen molar-refractivity contribution >= 4 is 5.97 Å². The summed E-state index contributed by atoms with van der Waals surface area (Å²) in [6, 6.07) is 0. The van der Waals surface area contributed by atoms with E-state index in [0.29, 0.717) is 6.42 Å². The van der Waals surface area contributed by atoms with Gasteiger partial charge in [-0.1, -0.05) is 161 Å². The number of aliphatic hydroxyl groups is 3. The second-order valence-electron chi connectivity index (χ2n) is 13.0. The zero-order chi connectivity index (χ0) is 33.1. The molecule has 0 spiro atoms. The van der Waals surface area contributed by atoms with E-state index in [1.807, 2.05) is 0 Å². The molecule has 6 heteroatoms. The summed E-state index contributed by atoms with van der Waals surface area (Å²) < 4.78 is 10.3. The van der Waals surface area contributed by atoms with Crippen LogP contribution in [0.4, 0.5) is 0 Å². The number of unbranched alkanes of at least 4 members (excludes halogenated alkanes) is 25. The number of ether oxygens (including phenoxy) is 2. The Morgan fingerprint density at radius 1 is 0.578 bits per heavy atom. The van der Waals surface area contributed by atoms with Crippen LogP contribution in [0.2, 0.25) is 0 Å². The molecule has 0 aromatic rings. The number of rotatable bonds is 35. The molecular formula is C39H74O6. The van der Waals surface area contributed by atoms with Gasteiger partial charge in [-0.15, -0.1) is 0 Å². The maximum Gasteiger partial charge on any atom is 0.400 e. The molecule has 0 radical (unpaired) electrons. The van der Waals surface area contributed by atoms with Gasteiger partial charge in [0.25, 0.3) is 0 Å². The minimum Gasteiger partial charge on any atom is -0.436 e. The lowest BCUT2D eigenvalue weighted by Gasteiger charge is -2.29. The third-order valence-electron chi connectivity index (χ3n) is 8.55. The minimum atomic E-state index is -2.58. The van der Waals surface area contributed by atoms with Crippen molar-refractivity contribution in [2.24, 2.45) is 0 Å². The Labute approximate surface area is 278 Å². The van der Waals surface area contributed by atoms with Crippen LogP contribution in [0.3, 0.4) is 0 Å². The lowest BCUT2D eigenvalue weighted by atomic mass is 10.0. The molecule has 0 bridgehead atoms. The van der Waals surface area contributed by atoms with Crippen molar-refractivity contribution < 1.29 is 29.6 Å². The second kappa shape index (κ2) is 34.0. The van der Waals surface area contributed by atoms with Gasteiger partial charge in [-0.25, -0.2) is 0 Å². The molecule has 0 rings (SSSR count). The van der Waals surface area contributed by atoms with Gasteiger partial charge in [0.15, 0.2) is 6.10 Å². The molecule has 0 aliphatic heterocycles. The fourth-order valence-electron chi connectivity index (χ4n) is 5.51. The SMILES string of the molecule is CCCCCCCCC=CCCCCCCCC(=O)OC(O)(OC=CCCCCCCCCCCCCCCCC)C(O)CO. The molecule has 3 N–H and O–H groups in total. The van der Waals surface area contributed by atoms with Crippen molar-refractivity contribution in [1.82, 2.24) is 0 Å². The molecule has 0 amide bonds. The van der Waals surface area contributed by atoms with E-state index in [1.54, 1.807) is 6.08 Å². The lowest BCUT2D eigenvalue weighted by molar-refractivity contribution is -0.362. The Hall–Kier alpha value is -1.37. The molecule has 266 valence electrons. The van der Waals surface area contributed by atoms with Crippen LogP contribution in [0.5, 0.6) is 0 Å². The van der Waals surface area contributed by atoms with Gasteiger partial charge in [-0.05, 0) is 51.0 Å². The smallest absolute Gasteiger partial charge is 0.400 e. The average molecular weight is 639 g/mol. The predicted molar refractivity (Wildman–Crippen MR) is 189 cm³/mol. The molecule has 0 aliphatic rings. The van der Waals surface area contributed by atoms with Gasteiger partial charge in [-0.2, -0.15) is 0 Å². The van der Waals surface area contributed by atoms with Crippen LogP contribution in [-0.2, 0) is 14.3 Å². The zero-order valence-corrected chi connectivity index (χ0v) is 29.7. The summed E-state index contributed by atoms with van der Waals surface area (Å²) in [6.45, 7) is 3.73. The summed E-state index contributed by atoms with van der Waals surface area (Å²) in [7, 11) is 0. The van der Waals surface area contributed by atoms with Crippen LogP contribution >= 0.6 is 0 Å². The van der Waals surface area contributed by atoms with Crippen LogP contribution in [0.1, 0.15) is 200 Å². The van der Waals surface area contributed by atoms with Crippen LogP contribution in [0.15, 0.2) is 24.5 Å². The summed E-state index contributed by atoms with van der Waals surface area (Å²) >= 11 is 0. The fraction of sp³-hybridized carbons (Fsp3) is 0.872. The van der Waals surface area contributed by atoms with Crippen LogP contribution < -0.4 is 0 Å². The van der Waals surface area contributed by atoms with Gasteiger partial charge in [0.05, 0.1) is 12.9 Å². The lowest BCUT2D eigenvalue weighted by Crippen LogP contribution is -2.49. The van der Waals surface area contributed by atoms with Gasteiger partial charge in [0.1, 0.15) is 0 Å². The largest absolute Gasteiger partial charge is 0.436 e. The number of aliphatic hydroxyl groups excluding tert-OH is 2. The van der Waals surface area contributed by atoms with Gasteiger partial charge in [-0.3, -0.25) is 4.79 Å². The summed E-state index contributed by atoms with van der Waals surface area (Å²) in [5.74, 6) is -3.23. The van der Waals surface area contributed by atoms with Crippen LogP contribution in [0.25, 0.3) is 0 Å². The normalized spacial score (nSPS) is 13.9. The van der Waals surface area contributed by atoms with E-state index in [9.17, 15) is 20.1 Å². The van der Waals surface area contributed by atoms with E-state index in [0.717, 1.165) is 51.4 Å². The molecule has 0 saturated carbocycles. The van der Waals surface area contributed by atoms with E-state index < -0.39 is 24.7 Å². The van der Waals surface area contributed by atoms with Crippen molar-refractivity contribution in [2.75, 3.05) is 6.61 Å². The first-order valence-corrected chi connectivity index (χ1v) is 19.2. The Morgan fingerprint density at radius 2 is 0.933 bits per heavy atom. The van der Waals surface area contributed by atoms with Crippen molar-refractivity contribution in [1.29, 1.82) is 0 Å². The van der Waals surface area contributed by atoms with Gasteiger partial charge >= 0.3 is 11.9 Å². The van der Waals surface area contributed by atoms with E-state index in [-0.39, 0.29) is 6.42 Å². The molecule has 0 saturated heterocycles. The molecule has 0 heterocycles. The number of carbonyl (C=O) groups excluding carboxylic acids is 1. The molecule has 0 fully saturated rings. The Kier molecular flexibility index (Phi) is 32.9. The summed E-state index contributed by atoms with van der Waals surface area (Å²) in [5, 5.41) is 29.9. The zero-order valence-electron chi connectivity index (χ0n) is 29.7. The van der Waals surface area contributed by atoms with Crippen molar-refractivity contribution in [3.8, 4) is 0 Å². The van der Waals surface area contributed by atoms with Gasteiger partial charge in [0.2, 0.25) is 0 Å². The molecule has 0 aliphatic carbocycles. The monoisotopic (exact) mass is 639 g/mol. The first kappa shape index (κ1) is 43.6. The molecule has 2 unspecified atom stereocenters. The van der Waals surface area contributed by atoms with Crippen molar-refractivity contribution in [2.45, 2.75) is 212 Å². The maximum atomic E-state index is 12.3. The van der Waals surface area contributed by atoms with Gasteiger partial charge in [0, 0.05) is 6.42 Å². The first-order chi connectivity index (χ1) is 22.0. The summed E-state index contributed by atoms with van der Waals surface area (Å²) in [4.78, 5) is 12.3. The third-order valence-corrected chi connectivity index (χ3v) is 8.55. The molecule has 0 aromatic heterocycles. The molecule has 45 heavy (non-hydrogen) atoms. The van der Waals surface area contributed by atoms with Crippen molar-refractivity contribution in [3.05, 3.63) is 24.5 Å². The standard InChI is InChI=1S/C39H74O6/c1-3-5-7-9-11-13-15-17-19-21-23-25-27-29-31-33-35-44-39(43,37(41)36-40)45-38(42)34-32-30-28-26-24-22-20-18-16-14-12-10-8-6-4-2/h18,20,33,35,37,40-41,43H,3-17,19,21-32,34,36H2,1-2H3. The first-order valence-electron chi connectivity index (χ1n) is 19.2. The topological polar surface area (TPSA) is 96.2 Å². The number of esters is 1. The average Bonchev–Trinajstić information content (AvgIpc) is 3.03. The maximum absolute atomic E-state index is 12.3. The van der Waals surface area contributed by atoms with E-state index in [2.05, 4.69) is 26.0 Å². The molecular weight excluding hydrogens is 564 g/mol. The van der Waals surface area contributed by atoms with Gasteiger partial charge < -0.3 is 24.8 Å². The molecule has 2 atom stereocenters. The highest BCUT2D eigenvalue weighted by Crippen LogP contribution is 2.19. The van der Waals surface area contributed by atoms with Crippen LogP contribution in [0, 0.1) is 0 Å². The number of carbonyl (C=O) groups is 1. The molecule has 6 nitrogen and oxygen atoms in total.